The molecular formula is C21H38N2O5Si2. The van der Waals surface area contributed by atoms with Gasteiger partial charge in [0, 0.05) is 18.2 Å². The van der Waals surface area contributed by atoms with Crippen LogP contribution in [-0.4, -0.2) is 45.0 Å². The lowest BCUT2D eigenvalue weighted by molar-refractivity contribution is -0.0409. The Hall–Kier alpha value is -1.01. The molecule has 9 heteroatoms. The zero-order valence-electron chi connectivity index (χ0n) is 19.5. The van der Waals surface area contributed by atoms with E-state index in [9.17, 15) is 9.59 Å². The lowest BCUT2D eigenvalue weighted by Crippen LogP contribution is -2.47. The third-order valence-electron chi connectivity index (χ3n) is 6.44. The third-order valence-corrected chi connectivity index (χ3v) is 13.2. The lowest BCUT2D eigenvalue weighted by atomic mass is 10.2. The van der Waals surface area contributed by atoms with Gasteiger partial charge in [-0.2, -0.15) is 0 Å². The molecule has 2 aliphatic rings. The Morgan fingerprint density at radius 2 is 1.87 bits per heavy atom. The van der Waals surface area contributed by atoms with Crippen LogP contribution in [0, 0.1) is 6.92 Å². The highest BCUT2D eigenvalue weighted by molar-refractivity contribution is 6.77. The molecule has 1 aromatic heterocycles. The second kappa shape index (κ2) is 8.50. The van der Waals surface area contributed by atoms with Crippen LogP contribution in [0.5, 0.6) is 0 Å². The van der Waals surface area contributed by atoms with E-state index in [4.69, 9.17) is 13.6 Å². The Balaban J connectivity index is 1.82. The highest BCUT2D eigenvalue weighted by Crippen LogP contribution is 2.48. The molecule has 2 fully saturated rings. The summed E-state index contributed by atoms with van der Waals surface area (Å²) < 4.78 is 21.0. The van der Waals surface area contributed by atoms with Gasteiger partial charge in [-0.3, -0.25) is 14.3 Å². The quantitative estimate of drug-likeness (QED) is 0.659. The standard InChI is InChI=1S/C21H38N2O5Si2/c1-15-13-23(20(25)22-19(15)24)18-12-16(28-29(5,6)7)17(27-18)14-26-30(21(2,3)4)10-8-9-11-30/h13,16-18H,8-12,14H2,1-7H3,(H,22,24,25)/t16?,17-,18-/m0/s1. The van der Waals surface area contributed by atoms with Crippen LogP contribution in [0.4, 0.5) is 0 Å². The fraction of sp³-hybridized carbons (Fsp3) is 0.810. The number of rotatable bonds is 6. The second-order valence-electron chi connectivity index (χ2n) is 10.9. The minimum atomic E-state index is -1.86. The molecule has 0 aliphatic carbocycles. The number of aromatic nitrogens is 2. The third kappa shape index (κ3) is 5.07. The summed E-state index contributed by atoms with van der Waals surface area (Å²) in [6, 6.07) is 2.40. The molecule has 30 heavy (non-hydrogen) atoms. The molecule has 0 spiro atoms. The molecule has 0 amide bonds. The minimum Gasteiger partial charge on any atom is -0.414 e. The Bertz CT molecular complexity index is 862. The predicted molar refractivity (Wildman–Crippen MR) is 123 cm³/mol. The molecule has 0 aromatic carbocycles. The average Bonchev–Trinajstić information content (AvgIpc) is 3.22. The first kappa shape index (κ1) is 23.7. The van der Waals surface area contributed by atoms with Gasteiger partial charge in [-0.05, 0) is 43.7 Å². The first-order chi connectivity index (χ1) is 13.8. The van der Waals surface area contributed by atoms with Crippen molar-refractivity contribution in [2.75, 3.05) is 6.61 Å². The van der Waals surface area contributed by atoms with Gasteiger partial charge >= 0.3 is 5.69 Å². The maximum Gasteiger partial charge on any atom is 0.330 e. The van der Waals surface area contributed by atoms with E-state index in [1.165, 1.54) is 29.5 Å². The molecule has 3 atom stereocenters. The zero-order valence-corrected chi connectivity index (χ0v) is 21.5. The van der Waals surface area contributed by atoms with Gasteiger partial charge in [-0.15, -0.1) is 0 Å². The molecule has 7 nitrogen and oxygen atoms in total. The van der Waals surface area contributed by atoms with E-state index in [1.54, 1.807) is 13.1 Å². The van der Waals surface area contributed by atoms with Gasteiger partial charge in [0.25, 0.3) is 5.56 Å². The second-order valence-corrected chi connectivity index (χ2v) is 20.1. The van der Waals surface area contributed by atoms with Crippen LogP contribution in [0.2, 0.25) is 36.8 Å². The molecule has 1 unspecified atom stereocenters. The monoisotopic (exact) mass is 454 g/mol. The van der Waals surface area contributed by atoms with Gasteiger partial charge in [0.05, 0.1) is 12.7 Å². The molecule has 2 aliphatic heterocycles. The highest BCUT2D eigenvalue weighted by atomic mass is 28.4. The molecule has 0 saturated carbocycles. The molecule has 1 N–H and O–H groups in total. The van der Waals surface area contributed by atoms with Crippen molar-refractivity contribution < 1.29 is 13.6 Å². The molecular weight excluding hydrogens is 416 g/mol. The topological polar surface area (TPSA) is 82.6 Å². The van der Waals surface area contributed by atoms with E-state index in [0.717, 1.165) is 0 Å². The predicted octanol–water partition coefficient (Wildman–Crippen LogP) is 3.91. The highest BCUT2D eigenvalue weighted by Gasteiger charge is 2.50. The van der Waals surface area contributed by atoms with Crippen LogP contribution < -0.4 is 11.2 Å². The molecule has 0 radical (unpaired) electrons. The fourth-order valence-corrected chi connectivity index (χ4v) is 10.5. The van der Waals surface area contributed by atoms with Crippen molar-refractivity contribution in [1.82, 2.24) is 9.55 Å². The summed E-state index contributed by atoms with van der Waals surface area (Å²) in [5.41, 5.74) is -0.311. The van der Waals surface area contributed by atoms with E-state index in [0.29, 0.717) is 18.6 Å². The van der Waals surface area contributed by atoms with Crippen molar-refractivity contribution in [2.24, 2.45) is 0 Å². The number of H-pyrrole nitrogens is 1. The first-order valence-electron chi connectivity index (χ1n) is 11.1. The Kier molecular flexibility index (Phi) is 6.70. The smallest absolute Gasteiger partial charge is 0.330 e. The van der Waals surface area contributed by atoms with Crippen LogP contribution >= 0.6 is 0 Å². The van der Waals surface area contributed by atoms with E-state index in [-0.39, 0.29) is 22.8 Å². The van der Waals surface area contributed by atoms with Crippen LogP contribution in [0.3, 0.4) is 0 Å². The summed E-state index contributed by atoms with van der Waals surface area (Å²) in [6.45, 7) is 15.6. The van der Waals surface area contributed by atoms with Crippen molar-refractivity contribution in [3.05, 3.63) is 32.6 Å². The summed E-state index contributed by atoms with van der Waals surface area (Å²) in [7, 11) is -3.67. The average molecular weight is 455 g/mol. The molecule has 3 heterocycles. The van der Waals surface area contributed by atoms with Crippen molar-refractivity contribution in [2.45, 2.75) is 102 Å². The van der Waals surface area contributed by atoms with Crippen LogP contribution in [0.25, 0.3) is 0 Å². The van der Waals surface area contributed by atoms with E-state index in [1.807, 2.05) is 0 Å². The fourth-order valence-electron chi connectivity index (χ4n) is 4.70. The summed E-state index contributed by atoms with van der Waals surface area (Å²) in [6.07, 6.45) is 3.87. The molecule has 1 aromatic rings. The largest absolute Gasteiger partial charge is 0.414 e. The maximum absolute atomic E-state index is 12.4. The minimum absolute atomic E-state index is 0.117. The summed E-state index contributed by atoms with van der Waals surface area (Å²) in [5, 5.41) is 0.184. The number of aromatic amines is 1. The van der Waals surface area contributed by atoms with E-state index in [2.05, 4.69) is 45.4 Å². The number of ether oxygens (including phenoxy) is 1. The summed E-state index contributed by atoms with van der Waals surface area (Å²) >= 11 is 0. The number of nitrogens with zero attached hydrogens (tertiary/aromatic N) is 1. The van der Waals surface area contributed by atoms with Gasteiger partial charge in [0.2, 0.25) is 0 Å². The van der Waals surface area contributed by atoms with Crippen LogP contribution in [0.15, 0.2) is 15.8 Å². The van der Waals surface area contributed by atoms with Crippen molar-refractivity contribution >= 4 is 16.6 Å². The van der Waals surface area contributed by atoms with Crippen LogP contribution in [0.1, 0.15) is 51.8 Å². The summed E-state index contributed by atoms with van der Waals surface area (Å²) in [5.74, 6) is 0. The number of aryl methyl sites for hydroxylation is 1. The molecule has 3 rings (SSSR count). The first-order valence-corrected chi connectivity index (χ1v) is 16.8. The number of hydrogen-bond acceptors (Lipinski definition) is 5. The van der Waals surface area contributed by atoms with Crippen molar-refractivity contribution in [1.29, 1.82) is 0 Å². The van der Waals surface area contributed by atoms with Gasteiger partial charge in [-0.25, -0.2) is 4.79 Å². The SMILES string of the molecule is Cc1cn([C@@H]2CC(O[Si](C)(C)C)[C@H](CO[Si]3(C(C)(C)C)CCCC3)O2)c(=O)[nH]c1=O. The van der Waals surface area contributed by atoms with Gasteiger partial charge in [-0.1, -0.05) is 33.6 Å². The number of hydrogen-bond donors (Lipinski definition) is 1. The zero-order chi connectivity index (χ0) is 22.3. The summed E-state index contributed by atoms with van der Waals surface area (Å²) in [4.78, 5) is 26.5. The van der Waals surface area contributed by atoms with Crippen LogP contribution in [-0.2, 0) is 13.6 Å². The van der Waals surface area contributed by atoms with Gasteiger partial charge < -0.3 is 13.6 Å². The van der Waals surface area contributed by atoms with E-state index < -0.39 is 28.6 Å². The maximum atomic E-state index is 12.4. The number of nitrogens with one attached hydrogen (secondary N) is 1. The van der Waals surface area contributed by atoms with Crippen molar-refractivity contribution in [3.8, 4) is 0 Å². The van der Waals surface area contributed by atoms with Crippen molar-refractivity contribution in [3.63, 3.8) is 0 Å². The molecule has 2 saturated heterocycles. The molecule has 170 valence electrons. The van der Waals surface area contributed by atoms with Gasteiger partial charge in [0.15, 0.2) is 16.6 Å². The molecule has 0 bridgehead atoms. The van der Waals surface area contributed by atoms with Gasteiger partial charge in [0.1, 0.15) is 12.3 Å². The van der Waals surface area contributed by atoms with E-state index >= 15 is 0 Å². The Labute approximate surface area is 181 Å². The Morgan fingerprint density at radius 3 is 2.43 bits per heavy atom. The lowest BCUT2D eigenvalue weighted by Gasteiger charge is -2.40. The Morgan fingerprint density at radius 1 is 1.23 bits per heavy atom. The normalized spacial score (nSPS) is 27.0.